The monoisotopic (exact) mass is 297 g/mol. The average molecular weight is 298 g/mol. The first-order chi connectivity index (χ1) is 10.3. The molecule has 0 saturated heterocycles. The number of rotatable bonds is 17. The molecule has 0 aromatic heterocycles. The van der Waals surface area contributed by atoms with Crippen molar-refractivity contribution < 1.29 is 4.74 Å². The molecule has 21 heavy (non-hydrogen) atoms. The van der Waals surface area contributed by atoms with Crippen LogP contribution in [0.25, 0.3) is 0 Å². The molecule has 0 N–H and O–H groups in total. The van der Waals surface area contributed by atoms with Gasteiger partial charge >= 0.3 is 0 Å². The van der Waals surface area contributed by atoms with E-state index in [0.717, 1.165) is 12.5 Å². The lowest BCUT2D eigenvalue weighted by Crippen LogP contribution is -2.10. The Balaban J connectivity index is 3.56. The number of unbranched alkanes of at least 4 members (excludes halogenated alkanes) is 10. The SMILES string of the molecule is [CH2]COCC(CCCCCCCC)CCCCCCCC. The van der Waals surface area contributed by atoms with Crippen LogP contribution in [-0.4, -0.2) is 13.2 Å². The maximum Gasteiger partial charge on any atom is 0.0494 e. The molecule has 0 aliphatic carbocycles. The summed E-state index contributed by atoms with van der Waals surface area (Å²) in [5.74, 6) is 0.782. The first-order valence-corrected chi connectivity index (χ1v) is 9.72. The van der Waals surface area contributed by atoms with Gasteiger partial charge in [0.2, 0.25) is 0 Å². The Morgan fingerprint density at radius 3 is 1.52 bits per heavy atom. The topological polar surface area (TPSA) is 9.23 Å². The summed E-state index contributed by atoms with van der Waals surface area (Å²) in [6, 6.07) is 0. The fourth-order valence-electron chi connectivity index (χ4n) is 2.99. The van der Waals surface area contributed by atoms with Crippen LogP contribution in [0.2, 0.25) is 0 Å². The standard InChI is InChI=1S/C20H41O/c1-4-7-9-11-13-15-17-20(19-21-6-3)18-16-14-12-10-8-5-2/h20H,3-19H2,1-2H3. The molecule has 0 spiro atoms. The van der Waals surface area contributed by atoms with Crippen LogP contribution in [0.3, 0.4) is 0 Å². The molecule has 0 heterocycles. The first-order valence-electron chi connectivity index (χ1n) is 9.72. The van der Waals surface area contributed by atoms with Gasteiger partial charge in [-0.3, -0.25) is 0 Å². The van der Waals surface area contributed by atoms with Gasteiger partial charge in [-0.05, 0) is 25.7 Å². The summed E-state index contributed by atoms with van der Waals surface area (Å²) in [4.78, 5) is 0. The van der Waals surface area contributed by atoms with Crippen molar-refractivity contribution in [1.29, 1.82) is 0 Å². The van der Waals surface area contributed by atoms with Crippen LogP contribution in [0.5, 0.6) is 0 Å². The van der Waals surface area contributed by atoms with Crippen LogP contribution in [0.15, 0.2) is 0 Å². The molecule has 0 aliphatic rings. The van der Waals surface area contributed by atoms with E-state index in [4.69, 9.17) is 4.74 Å². The van der Waals surface area contributed by atoms with E-state index in [9.17, 15) is 0 Å². The van der Waals surface area contributed by atoms with Crippen molar-refractivity contribution in [3.05, 3.63) is 6.92 Å². The molecule has 0 saturated carbocycles. The van der Waals surface area contributed by atoms with Crippen molar-refractivity contribution >= 4 is 0 Å². The average Bonchev–Trinajstić information content (AvgIpc) is 2.50. The van der Waals surface area contributed by atoms with Gasteiger partial charge in [0.05, 0.1) is 0 Å². The third-order valence-corrected chi connectivity index (χ3v) is 4.43. The Kier molecular flexibility index (Phi) is 18.0. The van der Waals surface area contributed by atoms with Gasteiger partial charge in [0.25, 0.3) is 0 Å². The largest absolute Gasteiger partial charge is 0.381 e. The van der Waals surface area contributed by atoms with Gasteiger partial charge in [-0.15, -0.1) is 0 Å². The molecule has 0 amide bonds. The molecule has 1 heteroatoms. The molecule has 1 radical (unpaired) electrons. The highest BCUT2D eigenvalue weighted by atomic mass is 16.5. The van der Waals surface area contributed by atoms with E-state index in [-0.39, 0.29) is 0 Å². The summed E-state index contributed by atoms with van der Waals surface area (Å²) in [7, 11) is 0. The van der Waals surface area contributed by atoms with Crippen molar-refractivity contribution in [3.63, 3.8) is 0 Å². The zero-order chi connectivity index (χ0) is 15.6. The van der Waals surface area contributed by atoms with E-state index >= 15 is 0 Å². The van der Waals surface area contributed by atoms with E-state index in [2.05, 4.69) is 20.8 Å². The zero-order valence-corrected chi connectivity index (χ0v) is 15.0. The van der Waals surface area contributed by atoms with Crippen LogP contribution in [0.1, 0.15) is 104 Å². The van der Waals surface area contributed by atoms with Crippen molar-refractivity contribution in [2.45, 2.75) is 104 Å². The van der Waals surface area contributed by atoms with Gasteiger partial charge in [0, 0.05) is 13.2 Å². The molecule has 1 nitrogen and oxygen atoms in total. The lowest BCUT2D eigenvalue weighted by Gasteiger charge is -2.16. The molecule has 0 fully saturated rings. The highest BCUT2D eigenvalue weighted by Gasteiger charge is 2.08. The minimum absolute atomic E-state index is 0.628. The molecule has 0 aromatic carbocycles. The first kappa shape index (κ1) is 21.0. The van der Waals surface area contributed by atoms with Gasteiger partial charge in [-0.1, -0.05) is 90.9 Å². The highest BCUT2D eigenvalue weighted by Crippen LogP contribution is 2.19. The molecule has 0 rings (SSSR count). The third kappa shape index (κ3) is 16.2. The predicted octanol–water partition coefficient (Wildman–Crippen LogP) is 6.95. The Morgan fingerprint density at radius 2 is 1.10 bits per heavy atom. The minimum atomic E-state index is 0.628. The molecular weight excluding hydrogens is 256 g/mol. The molecular formula is C20H41O. The Labute approximate surface area is 135 Å². The van der Waals surface area contributed by atoms with Crippen molar-refractivity contribution in [3.8, 4) is 0 Å². The van der Waals surface area contributed by atoms with Crippen molar-refractivity contribution in [2.75, 3.05) is 13.2 Å². The van der Waals surface area contributed by atoms with Crippen LogP contribution in [0.4, 0.5) is 0 Å². The van der Waals surface area contributed by atoms with Crippen LogP contribution >= 0.6 is 0 Å². The quantitative estimate of drug-likeness (QED) is 0.264. The van der Waals surface area contributed by atoms with E-state index < -0.39 is 0 Å². The molecule has 0 unspecified atom stereocenters. The second kappa shape index (κ2) is 18.0. The lowest BCUT2D eigenvalue weighted by molar-refractivity contribution is 0.111. The predicted molar refractivity (Wildman–Crippen MR) is 95.7 cm³/mol. The fourth-order valence-corrected chi connectivity index (χ4v) is 2.99. The van der Waals surface area contributed by atoms with E-state index in [0.29, 0.717) is 6.61 Å². The van der Waals surface area contributed by atoms with Gasteiger partial charge in [0.15, 0.2) is 0 Å². The second-order valence-corrected chi connectivity index (χ2v) is 6.55. The molecule has 0 aromatic rings. The smallest absolute Gasteiger partial charge is 0.0494 e. The van der Waals surface area contributed by atoms with Crippen LogP contribution in [0, 0.1) is 12.8 Å². The van der Waals surface area contributed by atoms with E-state index in [1.807, 2.05) is 0 Å². The highest BCUT2D eigenvalue weighted by molar-refractivity contribution is 4.60. The van der Waals surface area contributed by atoms with E-state index in [1.54, 1.807) is 0 Å². The third-order valence-electron chi connectivity index (χ3n) is 4.43. The summed E-state index contributed by atoms with van der Waals surface area (Å²) in [6.45, 7) is 9.93. The van der Waals surface area contributed by atoms with Gasteiger partial charge in [-0.25, -0.2) is 0 Å². The van der Waals surface area contributed by atoms with Crippen molar-refractivity contribution in [2.24, 2.45) is 5.92 Å². The van der Waals surface area contributed by atoms with E-state index in [1.165, 1.54) is 89.9 Å². The maximum absolute atomic E-state index is 5.58. The van der Waals surface area contributed by atoms with Crippen LogP contribution < -0.4 is 0 Å². The summed E-state index contributed by atoms with van der Waals surface area (Å²) < 4.78 is 5.58. The molecule has 0 bridgehead atoms. The summed E-state index contributed by atoms with van der Waals surface area (Å²) in [6.07, 6.45) is 19.5. The maximum atomic E-state index is 5.58. The fraction of sp³-hybridized carbons (Fsp3) is 0.950. The normalized spacial score (nSPS) is 11.4. The summed E-state index contributed by atoms with van der Waals surface area (Å²) in [5, 5.41) is 0. The van der Waals surface area contributed by atoms with Gasteiger partial charge < -0.3 is 4.74 Å². The molecule has 0 aliphatic heterocycles. The Bertz CT molecular complexity index is 163. The number of ether oxygens (including phenoxy) is 1. The molecule has 0 atom stereocenters. The number of hydrogen-bond acceptors (Lipinski definition) is 1. The van der Waals surface area contributed by atoms with Crippen molar-refractivity contribution in [1.82, 2.24) is 0 Å². The van der Waals surface area contributed by atoms with Gasteiger partial charge in [-0.2, -0.15) is 0 Å². The summed E-state index contributed by atoms with van der Waals surface area (Å²) >= 11 is 0. The molecule has 127 valence electrons. The van der Waals surface area contributed by atoms with Crippen LogP contribution in [-0.2, 0) is 4.74 Å². The number of hydrogen-bond donors (Lipinski definition) is 0. The summed E-state index contributed by atoms with van der Waals surface area (Å²) in [5.41, 5.74) is 0. The second-order valence-electron chi connectivity index (χ2n) is 6.55. The lowest BCUT2D eigenvalue weighted by atomic mass is 9.95. The minimum Gasteiger partial charge on any atom is -0.381 e. The Morgan fingerprint density at radius 1 is 0.667 bits per heavy atom. The van der Waals surface area contributed by atoms with Gasteiger partial charge in [0.1, 0.15) is 0 Å². The zero-order valence-electron chi connectivity index (χ0n) is 15.0. The Hall–Kier alpha value is -0.0400.